The first-order valence-electron chi connectivity index (χ1n) is 23.0. The third-order valence-corrected chi connectivity index (χ3v) is 13.3. The maximum absolute atomic E-state index is 15.2. The van der Waals surface area contributed by atoms with Crippen LogP contribution < -0.4 is 4.74 Å². The Morgan fingerprint density at radius 2 is 1.63 bits per heavy atom. The second kappa shape index (κ2) is 22.6. The second-order valence-electron chi connectivity index (χ2n) is 17.2. The Morgan fingerprint density at radius 3 is 2.37 bits per heavy atom. The molecule has 3 aromatic rings. The van der Waals surface area contributed by atoms with Crippen molar-refractivity contribution < 1.29 is 34.4 Å². The monoisotopic (exact) mass is 823 g/mol. The van der Waals surface area contributed by atoms with Crippen LogP contribution in [-0.2, 0) is 20.9 Å². The number of benzene rings is 3. The van der Waals surface area contributed by atoms with Gasteiger partial charge in [0, 0.05) is 44.1 Å². The summed E-state index contributed by atoms with van der Waals surface area (Å²) in [5.74, 6) is -0.882. The number of hydrogen-bond donors (Lipinski definition) is 3. The van der Waals surface area contributed by atoms with Gasteiger partial charge in [-0.05, 0) is 84.0 Å². The van der Waals surface area contributed by atoms with E-state index in [9.17, 15) is 15.3 Å². The first kappa shape index (κ1) is 45.3. The number of aliphatic hydroxyl groups excluding tert-OH is 2. The fourth-order valence-electron chi connectivity index (χ4n) is 10.5. The number of rotatable bonds is 25. The summed E-state index contributed by atoms with van der Waals surface area (Å²) in [6.07, 6.45) is 20.1. The van der Waals surface area contributed by atoms with Gasteiger partial charge in [0.05, 0.1) is 18.2 Å². The quantitative estimate of drug-likeness (QED) is 0.0442. The van der Waals surface area contributed by atoms with E-state index in [1.165, 1.54) is 38.5 Å². The number of fused-ring (bicyclic) bond motifs is 3. The van der Waals surface area contributed by atoms with E-state index in [2.05, 4.69) is 49.9 Å². The summed E-state index contributed by atoms with van der Waals surface area (Å²) in [5, 5.41) is 37.7. The van der Waals surface area contributed by atoms with Crippen molar-refractivity contribution in [2.45, 2.75) is 140 Å². The van der Waals surface area contributed by atoms with E-state index in [0.717, 1.165) is 78.1 Å². The molecule has 9 heteroatoms. The second-order valence-corrected chi connectivity index (χ2v) is 17.2. The summed E-state index contributed by atoms with van der Waals surface area (Å²) in [4.78, 5) is 22.8. The first-order valence-corrected chi connectivity index (χ1v) is 23.0. The Kier molecular flexibility index (Phi) is 17.1. The van der Waals surface area contributed by atoms with E-state index in [0.29, 0.717) is 38.0 Å². The van der Waals surface area contributed by atoms with Crippen LogP contribution in [-0.4, -0.2) is 70.6 Å². The highest BCUT2D eigenvalue weighted by Gasteiger charge is 2.65. The van der Waals surface area contributed by atoms with E-state index >= 15 is 4.79 Å². The van der Waals surface area contributed by atoms with Crippen LogP contribution in [0.5, 0.6) is 11.5 Å². The molecule has 3 aliphatic rings. The average molecular weight is 823 g/mol. The molecule has 0 bridgehead atoms. The zero-order chi connectivity index (χ0) is 42.3. The Morgan fingerprint density at radius 1 is 0.917 bits per heavy atom. The molecular formula is C51H70N2O7. The number of phenolic OH excluding ortho intramolecular Hbond substituents is 1. The van der Waals surface area contributed by atoms with Crippen molar-refractivity contribution in [1.29, 1.82) is 0 Å². The van der Waals surface area contributed by atoms with Crippen molar-refractivity contribution in [3.8, 4) is 11.5 Å². The molecule has 0 saturated heterocycles. The predicted molar refractivity (Wildman–Crippen MR) is 240 cm³/mol. The molecule has 1 saturated carbocycles. The minimum absolute atomic E-state index is 0.0514. The number of carbonyl (C=O) groups is 1. The molecule has 1 heterocycles. The normalized spacial score (nSPS) is 23.7. The molecule has 326 valence electrons. The minimum atomic E-state index is -1.34. The lowest BCUT2D eigenvalue weighted by molar-refractivity contribution is -0.258. The third-order valence-electron chi connectivity index (χ3n) is 13.3. The number of amides is 1. The summed E-state index contributed by atoms with van der Waals surface area (Å²) in [6.45, 7) is 7.11. The highest BCUT2D eigenvalue weighted by Crippen LogP contribution is 2.62. The van der Waals surface area contributed by atoms with Gasteiger partial charge in [-0.2, -0.15) is 0 Å². The minimum Gasteiger partial charge on any atom is -0.508 e. The van der Waals surface area contributed by atoms with E-state index in [-0.39, 0.29) is 49.2 Å². The van der Waals surface area contributed by atoms with Gasteiger partial charge < -0.3 is 34.5 Å². The Balaban J connectivity index is 1.47. The molecule has 3 N–H and O–H groups in total. The molecule has 9 nitrogen and oxygen atoms in total. The molecule has 0 spiro atoms. The van der Waals surface area contributed by atoms with Gasteiger partial charge >= 0.3 is 0 Å². The third kappa shape index (κ3) is 10.5. The topological polar surface area (TPSA) is 121 Å². The predicted octanol–water partition coefficient (Wildman–Crippen LogP) is 10.8. The van der Waals surface area contributed by atoms with Gasteiger partial charge in [-0.15, -0.1) is 6.58 Å². The molecule has 2 aliphatic carbocycles. The fraction of sp³-hybridized carbons (Fsp3) is 0.569. The molecule has 6 atom stereocenters. The molecule has 0 radical (unpaired) electrons. The lowest BCUT2D eigenvalue weighted by atomic mass is 9.55. The summed E-state index contributed by atoms with van der Waals surface area (Å²) in [6, 6.07) is 19.4. The van der Waals surface area contributed by atoms with Gasteiger partial charge in [-0.25, -0.2) is 0 Å². The lowest BCUT2D eigenvalue weighted by Crippen LogP contribution is -2.70. The van der Waals surface area contributed by atoms with E-state index in [1.807, 2.05) is 29.2 Å². The number of ether oxygens (including phenoxy) is 2. The van der Waals surface area contributed by atoms with Crippen LogP contribution in [0.3, 0.4) is 0 Å². The molecule has 1 aliphatic heterocycles. The van der Waals surface area contributed by atoms with Crippen molar-refractivity contribution >= 4 is 22.4 Å². The van der Waals surface area contributed by atoms with E-state index in [4.69, 9.17) is 19.5 Å². The van der Waals surface area contributed by atoms with Gasteiger partial charge in [0.15, 0.2) is 0 Å². The number of aliphatic hydroxyl groups is 2. The summed E-state index contributed by atoms with van der Waals surface area (Å²) in [5.41, 5.74) is 3.71. The van der Waals surface area contributed by atoms with Gasteiger partial charge in [-0.1, -0.05) is 131 Å². The smallest absolute Gasteiger partial charge is 0.239 e. The van der Waals surface area contributed by atoms with Gasteiger partial charge in [0.25, 0.3) is 0 Å². The highest BCUT2D eigenvalue weighted by molar-refractivity contribution is 6.03. The Labute approximate surface area is 358 Å². The van der Waals surface area contributed by atoms with Crippen LogP contribution in [0.15, 0.2) is 90.1 Å². The van der Waals surface area contributed by atoms with Crippen LogP contribution in [0.1, 0.15) is 133 Å². The molecule has 1 amide bonds. The van der Waals surface area contributed by atoms with Crippen LogP contribution in [0.4, 0.5) is 0 Å². The molecular weight excluding hydrogens is 753 g/mol. The molecule has 1 fully saturated rings. The van der Waals surface area contributed by atoms with E-state index < -0.39 is 17.7 Å². The standard InChI is InChI=1S/C51H70N2O7/c1-4-6-7-8-9-10-11-12-13-27-48(57)53(36-39-24-20-23-37-21-14-15-25-41(37)39)47-35-45(52-58-3)43-33-38(22-16-18-30-54)42(26-17-19-31-55)49-44-34-40(56)28-29-46(44)60-51(47,50(43)49)59-32-5-2/h5,14-15,20-21,23-25,28-29,33-34,38,42,47,49-50,54-56H,2,4,6-13,16-19,22,26-27,30-32,35-36H2,1,3H3/t38-,42+,47-,49+,50+,51+/m0/s1. The maximum Gasteiger partial charge on any atom is 0.239 e. The number of nitrogens with zero attached hydrogens (tertiary/aromatic N) is 2. The fourth-order valence-corrected chi connectivity index (χ4v) is 10.5. The first-order chi connectivity index (χ1) is 29.4. The largest absolute Gasteiger partial charge is 0.508 e. The molecule has 0 unspecified atom stereocenters. The molecule has 60 heavy (non-hydrogen) atoms. The van der Waals surface area contributed by atoms with Gasteiger partial charge in [0.1, 0.15) is 24.7 Å². The highest BCUT2D eigenvalue weighted by atomic mass is 16.7. The Bertz CT molecular complexity index is 1900. The van der Waals surface area contributed by atoms with Crippen molar-refractivity contribution in [3.63, 3.8) is 0 Å². The summed E-state index contributed by atoms with van der Waals surface area (Å²) >= 11 is 0. The summed E-state index contributed by atoms with van der Waals surface area (Å²) < 4.78 is 14.5. The molecule has 6 rings (SSSR count). The maximum atomic E-state index is 15.2. The van der Waals surface area contributed by atoms with E-state index in [1.54, 1.807) is 19.3 Å². The van der Waals surface area contributed by atoms with Crippen molar-refractivity contribution in [3.05, 3.63) is 96.1 Å². The molecule has 0 aromatic heterocycles. The number of unbranched alkanes of at least 4 members (excludes halogenated alkanes) is 10. The number of oxime groups is 1. The van der Waals surface area contributed by atoms with Crippen molar-refractivity contribution in [2.24, 2.45) is 22.9 Å². The van der Waals surface area contributed by atoms with Crippen molar-refractivity contribution in [1.82, 2.24) is 4.90 Å². The van der Waals surface area contributed by atoms with Crippen LogP contribution >= 0.6 is 0 Å². The van der Waals surface area contributed by atoms with Gasteiger partial charge in [-0.3, -0.25) is 4.79 Å². The number of phenols is 1. The number of aromatic hydroxyl groups is 1. The van der Waals surface area contributed by atoms with Gasteiger partial charge in [0.2, 0.25) is 11.7 Å². The van der Waals surface area contributed by atoms with Crippen LogP contribution in [0.25, 0.3) is 10.8 Å². The average Bonchev–Trinajstić information content (AvgIpc) is 3.26. The van der Waals surface area contributed by atoms with Crippen molar-refractivity contribution in [2.75, 3.05) is 26.9 Å². The number of carbonyl (C=O) groups excluding carboxylic acids is 1. The van der Waals surface area contributed by atoms with Crippen LogP contribution in [0.2, 0.25) is 0 Å². The Hall–Kier alpha value is -4.18. The zero-order valence-electron chi connectivity index (χ0n) is 36.2. The lowest BCUT2D eigenvalue weighted by Gasteiger charge is -2.60. The summed E-state index contributed by atoms with van der Waals surface area (Å²) in [7, 11) is 1.57. The SMILES string of the molecule is C=CCO[C@@]12Oc3ccc(O)cc3[C@H]3[C@H](CCCCO)[C@@H](CCCCO)C=C(C(=NOC)C[C@@H]1N(Cc1cccc4ccccc14)C(=O)CCCCCCCCCCC)[C@H]32. The number of allylic oxidation sites excluding steroid dienone is 1. The number of hydrogen-bond acceptors (Lipinski definition) is 8. The molecule has 3 aromatic carbocycles. The van der Waals surface area contributed by atoms with Crippen LogP contribution in [0, 0.1) is 17.8 Å². The zero-order valence-corrected chi connectivity index (χ0v) is 36.2.